The molecule has 1 N–H and O–H groups in total. The van der Waals surface area contributed by atoms with Crippen LogP contribution in [-0.2, 0) is 0 Å². The van der Waals surface area contributed by atoms with Crippen LogP contribution in [0.2, 0.25) is 0 Å². The van der Waals surface area contributed by atoms with E-state index in [0.29, 0.717) is 0 Å². The number of nitro benzene ring substituents is 1. The molecule has 21 heavy (non-hydrogen) atoms. The van der Waals surface area contributed by atoms with E-state index in [0.717, 1.165) is 23.6 Å². The van der Waals surface area contributed by atoms with Crippen LogP contribution in [0.5, 0.6) is 0 Å². The molecule has 1 aromatic carbocycles. The molecule has 0 spiro atoms. The Labute approximate surface area is 127 Å². The van der Waals surface area contributed by atoms with E-state index in [2.05, 4.69) is 12.2 Å². The van der Waals surface area contributed by atoms with Gasteiger partial charge in [0.1, 0.15) is 0 Å². The number of nitrogens with zero attached hydrogens (tertiary/aromatic N) is 1. The van der Waals surface area contributed by atoms with Crippen molar-refractivity contribution >= 4 is 5.69 Å². The summed E-state index contributed by atoms with van der Waals surface area (Å²) >= 11 is 0. The normalized spacial score (nSPS) is 17.0. The Morgan fingerprint density at radius 2 is 2.10 bits per heavy atom. The topological polar surface area (TPSA) is 55.2 Å². The summed E-state index contributed by atoms with van der Waals surface area (Å²) in [7, 11) is 0. The summed E-state index contributed by atoms with van der Waals surface area (Å²) in [5, 5.41) is 14.5. The SMILES string of the molecule is Cc1ccc(C(C)NCCCC2CCCC2)cc1[N+](=O)[O-]. The van der Waals surface area contributed by atoms with Crippen LogP contribution in [0.1, 0.15) is 62.6 Å². The van der Waals surface area contributed by atoms with Gasteiger partial charge in [-0.3, -0.25) is 10.1 Å². The van der Waals surface area contributed by atoms with Crippen LogP contribution >= 0.6 is 0 Å². The Kier molecular flexibility index (Phi) is 5.74. The first-order valence-corrected chi connectivity index (χ1v) is 8.06. The van der Waals surface area contributed by atoms with Gasteiger partial charge < -0.3 is 5.32 Å². The average Bonchev–Trinajstić information content (AvgIpc) is 2.96. The summed E-state index contributed by atoms with van der Waals surface area (Å²) < 4.78 is 0. The summed E-state index contributed by atoms with van der Waals surface area (Å²) in [6.07, 6.45) is 8.12. The molecule has 1 aliphatic rings. The number of hydrogen-bond donors (Lipinski definition) is 1. The molecule has 0 aromatic heterocycles. The van der Waals surface area contributed by atoms with Crippen molar-refractivity contribution in [1.82, 2.24) is 5.32 Å². The van der Waals surface area contributed by atoms with Gasteiger partial charge in [-0.25, -0.2) is 0 Å². The van der Waals surface area contributed by atoms with E-state index in [4.69, 9.17) is 0 Å². The Hall–Kier alpha value is -1.42. The van der Waals surface area contributed by atoms with E-state index in [-0.39, 0.29) is 16.7 Å². The Balaban J connectivity index is 1.81. The second-order valence-corrected chi connectivity index (χ2v) is 6.27. The molecule has 0 radical (unpaired) electrons. The van der Waals surface area contributed by atoms with Crippen LogP contribution in [-0.4, -0.2) is 11.5 Å². The van der Waals surface area contributed by atoms with Crippen molar-refractivity contribution in [1.29, 1.82) is 0 Å². The van der Waals surface area contributed by atoms with Gasteiger partial charge in [-0.05, 0) is 44.7 Å². The molecule has 1 aliphatic carbocycles. The number of rotatable bonds is 7. The standard InChI is InChI=1S/C17H26N2O2/c1-13-9-10-16(12-17(13)19(20)21)14(2)18-11-5-8-15-6-3-4-7-15/h9-10,12,14-15,18H,3-8,11H2,1-2H3. The highest BCUT2D eigenvalue weighted by Crippen LogP contribution is 2.28. The molecule has 0 saturated heterocycles. The van der Waals surface area contributed by atoms with Gasteiger partial charge >= 0.3 is 0 Å². The third-order valence-corrected chi connectivity index (χ3v) is 4.64. The van der Waals surface area contributed by atoms with Gasteiger partial charge in [0.25, 0.3) is 5.69 Å². The van der Waals surface area contributed by atoms with Gasteiger partial charge in [0.2, 0.25) is 0 Å². The predicted octanol–water partition coefficient (Wildman–Crippen LogP) is 4.52. The Morgan fingerprint density at radius 1 is 1.38 bits per heavy atom. The summed E-state index contributed by atoms with van der Waals surface area (Å²) in [4.78, 5) is 10.7. The lowest BCUT2D eigenvalue weighted by molar-refractivity contribution is -0.385. The minimum atomic E-state index is -0.300. The maximum Gasteiger partial charge on any atom is 0.272 e. The number of nitro groups is 1. The molecule has 0 heterocycles. The molecule has 116 valence electrons. The zero-order chi connectivity index (χ0) is 15.2. The molecular weight excluding hydrogens is 264 g/mol. The highest BCUT2D eigenvalue weighted by molar-refractivity contribution is 5.43. The molecule has 0 aliphatic heterocycles. The van der Waals surface area contributed by atoms with E-state index in [1.165, 1.54) is 38.5 Å². The first kappa shape index (κ1) is 16.0. The highest BCUT2D eigenvalue weighted by Gasteiger charge is 2.16. The van der Waals surface area contributed by atoms with Crippen molar-refractivity contribution in [3.63, 3.8) is 0 Å². The maximum absolute atomic E-state index is 11.0. The summed E-state index contributed by atoms with van der Waals surface area (Å²) in [5.74, 6) is 0.933. The lowest BCUT2D eigenvalue weighted by atomic mass is 10.0. The smallest absolute Gasteiger partial charge is 0.272 e. The fourth-order valence-corrected chi connectivity index (χ4v) is 3.22. The lowest BCUT2D eigenvalue weighted by Crippen LogP contribution is -2.20. The van der Waals surface area contributed by atoms with Crippen molar-refractivity contribution in [3.05, 3.63) is 39.4 Å². The van der Waals surface area contributed by atoms with E-state index < -0.39 is 0 Å². The van der Waals surface area contributed by atoms with Crippen molar-refractivity contribution in [2.45, 2.75) is 58.4 Å². The highest BCUT2D eigenvalue weighted by atomic mass is 16.6. The molecular formula is C17H26N2O2. The fourth-order valence-electron chi connectivity index (χ4n) is 3.22. The predicted molar refractivity (Wildman–Crippen MR) is 85.4 cm³/mol. The second-order valence-electron chi connectivity index (χ2n) is 6.27. The van der Waals surface area contributed by atoms with Crippen molar-refractivity contribution in [3.8, 4) is 0 Å². The lowest BCUT2D eigenvalue weighted by Gasteiger charge is -2.15. The van der Waals surface area contributed by atoms with Crippen molar-refractivity contribution in [2.75, 3.05) is 6.54 Å². The van der Waals surface area contributed by atoms with Gasteiger partial charge in [0.15, 0.2) is 0 Å². The molecule has 0 bridgehead atoms. The Morgan fingerprint density at radius 3 is 2.76 bits per heavy atom. The molecule has 1 saturated carbocycles. The van der Waals surface area contributed by atoms with Gasteiger partial charge in [0, 0.05) is 17.7 Å². The molecule has 1 fully saturated rings. The Bertz CT molecular complexity index is 482. The molecule has 4 heteroatoms. The molecule has 1 unspecified atom stereocenters. The molecule has 4 nitrogen and oxygen atoms in total. The largest absolute Gasteiger partial charge is 0.310 e. The molecule has 1 aromatic rings. The van der Waals surface area contributed by atoms with Crippen LogP contribution in [0.4, 0.5) is 5.69 Å². The molecule has 1 atom stereocenters. The number of hydrogen-bond acceptors (Lipinski definition) is 3. The van der Waals surface area contributed by atoms with E-state index in [1.807, 2.05) is 12.1 Å². The van der Waals surface area contributed by atoms with Gasteiger partial charge in [-0.1, -0.05) is 37.8 Å². The molecule has 0 amide bonds. The fraction of sp³-hybridized carbons (Fsp3) is 0.647. The number of benzene rings is 1. The van der Waals surface area contributed by atoms with Gasteiger partial charge in [-0.2, -0.15) is 0 Å². The number of aryl methyl sites for hydroxylation is 1. The minimum Gasteiger partial charge on any atom is -0.310 e. The first-order chi connectivity index (χ1) is 10.1. The zero-order valence-corrected chi connectivity index (χ0v) is 13.1. The third-order valence-electron chi connectivity index (χ3n) is 4.64. The summed E-state index contributed by atoms with van der Waals surface area (Å²) in [6.45, 7) is 4.84. The third kappa shape index (κ3) is 4.53. The van der Waals surface area contributed by atoms with Crippen molar-refractivity contribution in [2.24, 2.45) is 5.92 Å². The van der Waals surface area contributed by atoms with E-state index in [9.17, 15) is 10.1 Å². The second kappa shape index (κ2) is 7.55. The first-order valence-electron chi connectivity index (χ1n) is 8.06. The van der Waals surface area contributed by atoms with Crippen LogP contribution in [0.3, 0.4) is 0 Å². The van der Waals surface area contributed by atoms with Crippen LogP contribution < -0.4 is 5.32 Å². The average molecular weight is 290 g/mol. The van der Waals surface area contributed by atoms with E-state index in [1.54, 1.807) is 13.0 Å². The van der Waals surface area contributed by atoms with Crippen LogP contribution in [0.15, 0.2) is 18.2 Å². The monoisotopic (exact) mass is 290 g/mol. The van der Waals surface area contributed by atoms with Crippen molar-refractivity contribution < 1.29 is 4.92 Å². The van der Waals surface area contributed by atoms with Gasteiger partial charge in [-0.15, -0.1) is 0 Å². The van der Waals surface area contributed by atoms with Crippen LogP contribution in [0.25, 0.3) is 0 Å². The quantitative estimate of drug-likeness (QED) is 0.456. The summed E-state index contributed by atoms with van der Waals surface area (Å²) in [6, 6.07) is 5.68. The maximum atomic E-state index is 11.0. The van der Waals surface area contributed by atoms with Gasteiger partial charge in [0.05, 0.1) is 4.92 Å². The van der Waals surface area contributed by atoms with E-state index >= 15 is 0 Å². The minimum absolute atomic E-state index is 0.160. The number of nitrogens with one attached hydrogen (secondary N) is 1. The van der Waals surface area contributed by atoms with Crippen LogP contribution in [0, 0.1) is 23.0 Å². The summed E-state index contributed by atoms with van der Waals surface area (Å²) in [5.41, 5.74) is 1.93. The zero-order valence-electron chi connectivity index (χ0n) is 13.1. The molecule has 2 rings (SSSR count).